The molecule has 0 aliphatic heterocycles. The number of nitrogens with two attached hydrogens (primary N) is 1. The summed E-state index contributed by atoms with van der Waals surface area (Å²) in [5, 5.41) is 7.49. The lowest BCUT2D eigenvalue weighted by Crippen LogP contribution is -1.95. The zero-order valence-electron chi connectivity index (χ0n) is 6.71. The summed E-state index contributed by atoms with van der Waals surface area (Å²) in [5.41, 5.74) is 6.00. The molecule has 2 rings (SSSR count). The Morgan fingerprint density at radius 3 is 2.62 bits per heavy atom. The van der Waals surface area contributed by atoms with E-state index in [9.17, 15) is 0 Å². The van der Waals surface area contributed by atoms with E-state index < -0.39 is 0 Å². The summed E-state index contributed by atoms with van der Waals surface area (Å²) in [6, 6.07) is 0. The van der Waals surface area contributed by atoms with Crippen LogP contribution in [0.25, 0.3) is 11.5 Å². The highest BCUT2D eigenvalue weighted by molar-refractivity contribution is 5.48. The van der Waals surface area contributed by atoms with Crippen LogP contribution in [0, 0.1) is 0 Å². The van der Waals surface area contributed by atoms with E-state index in [4.69, 9.17) is 10.2 Å². The van der Waals surface area contributed by atoms with E-state index in [2.05, 4.69) is 20.2 Å². The average molecular weight is 177 g/mol. The van der Waals surface area contributed by atoms with Gasteiger partial charge in [0.25, 0.3) is 5.89 Å². The third kappa shape index (κ3) is 1.52. The molecular formula is C7H7N5O. The molecule has 0 saturated heterocycles. The van der Waals surface area contributed by atoms with Crippen molar-refractivity contribution in [2.45, 2.75) is 6.54 Å². The molecule has 6 heteroatoms. The fraction of sp³-hybridized carbons (Fsp3) is 0.143. The van der Waals surface area contributed by atoms with Crippen LogP contribution in [0.15, 0.2) is 23.1 Å². The Labute approximate surface area is 73.8 Å². The highest BCUT2D eigenvalue weighted by atomic mass is 16.4. The number of hydrogen-bond acceptors (Lipinski definition) is 6. The van der Waals surface area contributed by atoms with Gasteiger partial charge in [0.2, 0.25) is 5.89 Å². The first-order valence-corrected chi connectivity index (χ1v) is 3.68. The van der Waals surface area contributed by atoms with Crippen LogP contribution in [0.5, 0.6) is 0 Å². The molecule has 2 heterocycles. The maximum atomic E-state index is 5.31. The summed E-state index contributed by atoms with van der Waals surface area (Å²) in [7, 11) is 0. The average Bonchev–Trinajstić information content (AvgIpc) is 2.67. The first-order chi connectivity index (χ1) is 6.40. The molecule has 0 fully saturated rings. The third-order valence-electron chi connectivity index (χ3n) is 1.45. The van der Waals surface area contributed by atoms with E-state index in [0.717, 1.165) is 0 Å². The fourth-order valence-electron chi connectivity index (χ4n) is 0.862. The molecule has 0 atom stereocenters. The molecule has 66 valence electrons. The van der Waals surface area contributed by atoms with Crippen molar-refractivity contribution in [2.75, 3.05) is 0 Å². The molecule has 0 bridgehead atoms. The molecule has 0 amide bonds. The van der Waals surface area contributed by atoms with Gasteiger partial charge in [-0.2, -0.15) is 0 Å². The normalized spacial score (nSPS) is 10.2. The minimum Gasteiger partial charge on any atom is -0.419 e. The Morgan fingerprint density at radius 1 is 1.23 bits per heavy atom. The standard InChI is InChI=1S/C7H7N5O/c8-1-6-11-12-7(13-6)5-2-9-4-10-3-5/h2-4H,1,8H2. The van der Waals surface area contributed by atoms with Gasteiger partial charge in [-0.25, -0.2) is 9.97 Å². The van der Waals surface area contributed by atoms with Crippen molar-refractivity contribution in [3.63, 3.8) is 0 Å². The zero-order chi connectivity index (χ0) is 9.10. The second-order valence-corrected chi connectivity index (χ2v) is 2.33. The summed E-state index contributed by atoms with van der Waals surface area (Å²) < 4.78 is 5.19. The number of aromatic nitrogens is 4. The molecule has 2 aromatic heterocycles. The minimum absolute atomic E-state index is 0.237. The first-order valence-electron chi connectivity index (χ1n) is 3.68. The molecule has 0 unspecified atom stereocenters. The Balaban J connectivity index is 2.36. The van der Waals surface area contributed by atoms with Gasteiger partial charge in [0.05, 0.1) is 12.1 Å². The van der Waals surface area contributed by atoms with Gasteiger partial charge in [-0.3, -0.25) is 0 Å². The van der Waals surface area contributed by atoms with Gasteiger partial charge in [-0.15, -0.1) is 10.2 Å². The maximum Gasteiger partial charge on any atom is 0.250 e. The topological polar surface area (TPSA) is 90.7 Å². The molecule has 6 nitrogen and oxygen atoms in total. The van der Waals surface area contributed by atoms with E-state index in [1.54, 1.807) is 12.4 Å². The van der Waals surface area contributed by atoms with Crippen molar-refractivity contribution in [2.24, 2.45) is 5.73 Å². The lowest BCUT2D eigenvalue weighted by molar-refractivity contribution is 0.508. The summed E-state index contributed by atoms with van der Waals surface area (Å²) >= 11 is 0. The molecule has 0 saturated carbocycles. The molecule has 0 spiro atoms. The minimum atomic E-state index is 0.237. The van der Waals surface area contributed by atoms with Gasteiger partial charge >= 0.3 is 0 Å². The van der Waals surface area contributed by atoms with Crippen molar-refractivity contribution in [3.8, 4) is 11.5 Å². The number of rotatable bonds is 2. The van der Waals surface area contributed by atoms with Crippen molar-refractivity contribution >= 4 is 0 Å². The van der Waals surface area contributed by atoms with E-state index in [1.165, 1.54) is 6.33 Å². The molecule has 0 radical (unpaired) electrons. The second kappa shape index (κ2) is 3.28. The molecule has 13 heavy (non-hydrogen) atoms. The van der Waals surface area contributed by atoms with Crippen molar-refractivity contribution in [3.05, 3.63) is 24.6 Å². The highest BCUT2D eigenvalue weighted by Gasteiger charge is 2.06. The molecule has 0 aromatic carbocycles. The van der Waals surface area contributed by atoms with Gasteiger partial charge in [0, 0.05) is 12.4 Å². The van der Waals surface area contributed by atoms with E-state index in [1.807, 2.05) is 0 Å². The van der Waals surface area contributed by atoms with Gasteiger partial charge < -0.3 is 10.2 Å². The molecule has 0 aliphatic rings. The summed E-state index contributed by atoms with van der Waals surface area (Å²) in [5.74, 6) is 0.792. The van der Waals surface area contributed by atoms with Crippen LogP contribution in [0.1, 0.15) is 5.89 Å². The quantitative estimate of drug-likeness (QED) is 0.693. The lowest BCUT2D eigenvalue weighted by Gasteiger charge is -1.89. The molecule has 2 N–H and O–H groups in total. The predicted molar refractivity (Wildman–Crippen MR) is 43.2 cm³/mol. The lowest BCUT2D eigenvalue weighted by atomic mass is 10.3. The Bertz CT molecular complexity index is 385. The smallest absolute Gasteiger partial charge is 0.250 e. The zero-order valence-corrected chi connectivity index (χ0v) is 6.71. The van der Waals surface area contributed by atoms with Crippen LogP contribution in [-0.2, 0) is 6.54 Å². The van der Waals surface area contributed by atoms with Gasteiger partial charge in [-0.05, 0) is 0 Å². The van der Waals surface area contributed by atoms with E-state index >= 15 is 0 Å². The summed E-state index contributed by atoms with van der Waals surface area (Å²) in [6.45, 7) is 0.237. The second-order valence-electron chi connectivity index (χ2n) is 2.33. The SMILES string of the molecule is NCc1nnc(-c2cncnc2)o1. The van der Waals surface area contributed by atoms with Crippen molar-refractivity contribution < 1.29 is 4.42 Å². The maximum absolute atomic E-state index is 5.31. The number of hydrogen-bond donors (Lipinski definition) is 1. The Hall–Kier alpha value is -1.82. The van der Waals surface area contributed by atoms with Crippen LogP contribution >= 0.6 is 0 Å². The monoisotopic (exact) mass is 177 g/mol. The van der Waals surface area contributed by atoms with Crippen molar-refractivity contribution in [1.82, 2.24) is 20.2 Å². The first kappa shape index (κ1) is 7.81. The van der Waals surface area contributed by atoms with Crippen LogP contribution in [0.3, 0.4) is 0 Å². The number of nitrogens with zero attached hydrogens (tertiary/aromatic N) is 4. The van der Waals surface area contributed by atoms with Crippen LogP contribution in [0.4, 0.5) is 0 Å². The predicted octanol–water partition coefficient (Wildman–Crippen LogP) is -0.0147. The molecule has 2 aromatic rings. The van der Waals surface area contributed by atoms with Crippen molar-refractivity contribution in [1.29, 1.82) is 0 Å². The highest BCUT2D eigenvalue weighted by Crippen LogP contribution is 2.14. The Morgan fingerprint density at radius 2 is 2.00 bits per heavy atom. The third-order valence-corrected chi connectivity index (χ3v) is 1.45. The summed E-state index contributed by atoms with van der Waals surface area (Å²) in [4.78, 5) is 7.65. The largest absolute Gasteiger partial charge is 0.419 e. The van der Waals surface area contributed by atoms with Gasteiger partial charge in [0.1, 0.15) is 6.33 Å². The van der Waals surface area contributed by atoms with E-state index in [-0.39, 0.29) is 6.54 Å². The fourth-order valence-corrected chi connectivity index (χ4v) is 0.862. The van der Waals surface area contributed by atoms with Crippen LogP contribution < -0.4 is 5.73 Å². The molecule has 0 aliphatic carbocycles. The van der Waals surface area contributed by atoms with E-state index in [0.29, 0.717) is 17.3 Å². The van der Waals surface area contributed by atoms with Crippen LogP contribution in [-0.4, -0.2) is 20.2 Å². The van der Waals surface area contributed by atoms with Gasteiger partial charge in [-0.1, -0.05) is 0 Å². The van der Waals surface area contributed by atoms with Crippen LogP contribution in [0.2, 0.25) is 0 Å². The van der Waals surface area contributed by atoms with Gasteiger partial charge in [0.15, 0.2) is 0 Å². The molecular weight excluding hydrogens is 170 g/mol. The summed E-state index contributed by atoms with van der Waals surface area (Å²) in [6.07, 6.45) is 4.63. The Kier molecular flexibility index (Phi) is 1.97.